The molecule has 26 heavy (non-hydrogen) atoms. The van der Waals surface area contributed by atoms with Gasteiger partial charge in [0.15, 0.2) is 11.5 Å². The molecule has 0 spiro atoms. The average Bonchev–Trinajstić information content (AvgIpc) is 3.19. The van der Waals surface area contributed by atoms with Crippen LogP contribution in [0.15, 0.2) is 34.9 Å². The molecular formula is C14H9BrCl2N6O3. The number of nitrogens with zero attached hydrogens (tertiary/aromatic N) is 4. The molecule has 0 radical (unpaired) electrons. The predicted octanol–water partition coefficient (Wildman–Crippen LogP) is 3.88. The van der Waals surface area contributed by atoms with Crippen molar-refractivity contribution in [3.8, 4) is 0 Å². The molecule has 12 heteroatoms. The van der Waals surface area contributed by atoms with Crippen LogP contribution in [-0.2, 0) is 6.54 Å². The predicted molar refractivity (Wildman–Crippen MR) is 98.7 cm³/mol. The average molecular weight is 460 g/mol. The molecule has 3 aromatic rings. The summed E-state index contributed by atoms with van der Waals surface area (Å²) in [6, 6.07) is 6.26. The molecular weight excluding hydrogens is 451 g/mol. The Morgan fingerprint density at radius 1 is 1.35 bits per heavy atom. The number of halogens is 3. The van der Waals surface area contributed by atoms with Crippen LogP contribution in [0.2, 0.25) is 10.0 Å². The number of benzene rings is 1. The van der Waals surface area contributed by atoms with E-state index in [9.17, 15) is 14.9 Å². The minimum Gasteiger partial charge on any atom is -0.358 e. The highest BCUT2D eigenvalue weighted by Crippen LogP contribution is 2.25. The zero-order chi connectivity index (χ0) is 18.8. The highest BCUT2D eigenvalue weighted by atomic mass is 79.9. The molecule has 3 rings (SSSR count). The van der Waals surface area contributed by atoms with Crippen molar-refractivity contribution in [2.75, 3.05) is 5.32 Å². The summed E-state index contributed by atoms with van der Waals surface area (Å²) in [4.78, 5) is 22.1. The van der Waals surface area contributed by atoms with Crippen LogP contribution in [0.4, 0.5) is 11.6 Å². The third kappa shape index (κ3) is 4.03. The lowest BCUT2D eigenvalue weighted by atomic mass is 10.2. The van der Waals surface area contributed by atoms with Gasteiger partial charge in [0.1, 0.15) is 0 Å². The lowest BCUT2D eigenvalue weighted by molar-refractivity contribution is -0.389. The molecule has 0 fully saturated rings. The Labute approximate surface area is 164 Å². The monoisotopic (exact) mass is 458 g/mol. The number of nitrogens with one attached hydrogen (secondary N) is 2. The molecule has 2 N–H and O–H groups in total. The van der Waals surface area contributed by atoms with Gasteiger partial charge in [0.05, 0.1) is 27.1 Å². The zero-order valence-electron chi connectivity index (χ0n) is 12.7. The minimum atomic E-state index is -0.675. The maximum atomic E-state index is 12.1. The van der Waals surface area contributed by atoms with Gasteiger partial charge in [0.25, 0.3) is 5.91 Å². The Bertz CT molecular complexity index is 1000. The first kappa shape index (κ1) is 18.4. The smallest absolute Gasteiger partial charge is 0.343 e. The van der Waals surface area contributed by atoms with Gasteiger partial charge in [-0.25, -0.2) is 0 Å². The van der Waals surface area contributed by atoms with Gasteiger partial charge in [-0.15, -0.1) is 5.10 Å². The number of anilines is 1. The van der Waals surface area contributed by atoms with Crippen molar-refractivity contribution in [1.82, 2.24) is 20.0 Å². The van der Waals surface area contributed by atoms with Crippen molar-refractivity contribution < 1.29 is 9.72 Å². The number of aromatic amines is 1. The number of nitro groups is 1. The van der Waals surface area contributed by atoms with Gasteiger partial charge < -0.3 is 15.4 Å². The Balaban J connectivity index is 1.73. The highest BCUT2D eigenvalue weighted by molar-refractivity contribution is 9.10. The number of hydrogen-bond acceptors (Lipinski definition) is 5. The third-order valence-corrected chi connectivity index (χ3v) is 4.59. The molecule has 0 unspecified atom stereocenters. The van der Waals surface area contributed by atoms with E-state index in [0.717, 1.165) is 11.6 Å². The first-order valence-corrected chi connectivity index (χ1v) is 8.56. The normalized spacial score (nSPS) is 10.7. The molecule has 0 saturated carbocycles. The lowest BCUT2D eigenvalue weighted by Crippen LogP contribution is -2.13. The summed E-state index contributed by atoms with van der Waals surface area (Å²) in [5.41, 5.74) is 0.748. The van der Waals surface area contributed by atoms with E-state index in [1.807, 2.05) is 6.07 Å². The molecule has 2 heterocycles. The molecule has 134 valence electrons. The standard InChI is InChI=1S/C14H9BrCl2N6O3/c15-8-6-22(5-7-1-2-9(16)10(17)3-7)21-13(8)18-14(24)11-4-12(20-19-11)23(25)26/h1-4,6H,5H2,(H,19,20)(H,18,21,24). The minimum absolute atomic E-state index is 0.123. The van der Waals surface area contributed by atoms with Gasteiger partial charge in [-0.05, 0) is 38.5 Å². The SMILES string of the molecule is O=C(Nc1nn(Cc2ccc(Cl)c(Cl)c2)cc1Br)c1cc([N+](=O)[O-])[nH]n1. The number of hydrogen-bond donors (Lipinski definition) is 2. The molecule has 0 bridgehead atoms. The van der Waals surface area contributed by atoms with Crippen molar-refractivity contribution >= 4 is 56.7 Å². The van der Waals surface area contributed by atoms with E-state index in [1.54, 1.807) is 23.0 Å². The number of carbonyl (C=O) groups excluding carboxylic acids is 1. The van der Waals surface area contributed by atoms with Gasteiger partial charge >= 0.3 is 5.82 Å². The van der Waals surface area contributed by atoms with Gasteiger partial charge in [-0.2, -0.15) is 5.10 Å². The van der Waals surface area contributed by atoms with Crippen LogP contribution < -0.4 is 5.32 Å². The maximum Gasteiger partial charge on any atom is 0.343 e. The molecule has 1 aromatic carbocycles. The zero-order valence-corrected chi connectivity index (χ0v) is 15.8. The summed E-state index contributed by atoms with van der Waals surface area (Å²) < 4.78 is 2.13. The van der Waals surface area contributed by atoms with Crippen molar-refractivity contribution in [3.63, 3.8) is 0 Å². The number of H-pyrrole nitrogens is 1. The second kappa shape index (κ2) is 7.44. The lowest BCUT2D eigenvalue weighted by Gasteiger charge is -2.03. The third-order valence-electron chi connectivity index (χ3n) is 3.27. The first-order valence-electron chi connectivity index (χ1n) is 7.01. The van der Waals surface area contributed by atoms with Crippen LogP contribution in [0.1, 0.15) is 16.1 Å². The Morgan fingerprint density at radius 3 is 2.77 bits per heavy atom. The van der Waals surface area contributed by atoms with Crippen LogP contribution in [0, 0.1) is 10.1 Å². The van der Waals surface area contributed by atoms with E-state index in [2.05, 4.69) is 36.5 Å². The summed E-state index contributed by atoms with van der Waals surface area (Å²) in [7, 11) is 0. The van der Waals surface area contributed by atoms with Gasteiger partial charge in [0.2, 0.25) is 0 Å². The van der Waals surface area contributed by atoms with E-state index >= 15 is 0 Å². The molecule has 0 atom stereocenters. The van der Waals surface area contributed by atoms with Crippen molar-refractivity contribution in [2.24, 2.45) is 0 Å². The van der Waals surface area contributed by atoms with E-state index in [0.29, 0.717) is 21.1 Å². The second-order valence-electron chi connectivity index (χ2n) is 5.12. The molecule has 0 aliphatic rings. The summed E-state index contributed by atoms with van der Waals surface area (Å²) in [5, 5.41) is 24.1. The number of rotatable bonds is 5. The number of carbonyl (C=O) groups is 1. The number of aromatic nitrogens is 4. The highest BCUT2D eigenvalue weighted by Gasteiger charge is 2.18. The summed E-state index contributed by atoms with van der Waals surface area (Å²) in [6.07, 6.45) is 1.67. The van der Waals surface area contributed by atoms with E-state index in [1.165, 1.54) is 0 Å². The van der Waals surface area contributed by atoms with Gasteiger partial charge in [-0.3, -0.25) is 9.48 Å². The molecule has 0 saturated heterocycles. The fourth-order valence-electron chi connectivity index (χ4n) is 2.08. The molecule has 0 aliphatic heterocycles. The van der Waals surface area contributed by atoms with Crippen molar-refractivity contribution in [1.29, 1.82) is 0 Å². The van der Waals surface area contributed by atoms with Gasteiger partial charge in [-0.1, -0.05) is 34.4 Å². The molecule has 0 aliphatic carbocycles. The Hall–Kier alpha value is -2.43. The van der Waals surface area contributed by atoms with Crippen LogP contribution in [0.25, 0.3) is 0 Å². The van der Waals surface area contributed by atoms with Crippen LogP contribution >= 0.6 is 39.1 Å². The van der Waals surface area contributed by atoms with E-state index < -0.39 is 10.8 Å². The topological polar surface area (TPSA) is 119 Å². The van der Waals surface area contributed by atoms with Crippen LogP contribution in [-0.4, -0.2) is 30.8 Å². The molecule has 2 aromatic heterocycles. The fraction of sp³-hybridized carbons (Fsp3) is 0.0714. The van der Waals surface area contributed by atoms with Gasteiger partial charge in [0, 0.05) is 6.20 Å². The summed E-state index contributed by atoms with van der Waals surface area (Å²) in [6.45, 7) is 0.402. The first-order chi connectivity index (χ1) is 12.3. The largest absolute Gasteiger partial charge is 0.358 e. The second-order valence-corrected chi connectivity index (χ2v) is 6.79. The number of amides is 1. The molecule has 9 nitrogen and oxygen atoms in total. The molecule has 1 amide bonds. The quantitative estimate of drug-likeness (QED) is 0.443. The summed E-state index contributed by atoms with van der Waals surface area (Å²) in [5.74, 6) is -0.755. The van der Waals surface area contributed by atoms with Crippen molar-refractivity contribution in [2.45, 2.75) is 6.54 Å². The Kier molecular flexibility index (Phi) is 5.25. The summed E-state index contributed by atoms with van der Waals surface area (Å²) >= 11 is 15.2. The fourth-order valence-corrected chi connectivity index (χ4v) is 2.82. The van der Waals surface area contributed by atoms with E-state index in [-0.39, 0.29) is 17.3 Å². The maximum absolute atomic E-state index is 12.1. The Morgan fingerprint density at radius 2 is 2.12 bits per heavy atom. The van der Waals surface area contributed by atoms with Crippen LogP contribution in [0.5, 0.6) is 0 Å². The van der Waals surface area contributed by atoms with Crippen molar-refractivity contribution in [3.05, 3.63) is 66.4 Å². The van der Waals surface area contributed by atoms with E-state index in [4.69, 9.17) is 23.2 Å². The van der Waals surface area contributed by atoms with Crippen LogP contribution in [0.3, 0.4) is 0 Å².